The summed E-state index contributed by atoms with van der Waals surface area (Å²) in [4.78, 5) is 4.22. The standard InChI is InChI=1S/C12H17ClN2OS/c13-9-1-4-12(14-7-9)17-6-5-11(8-16)15-10-2-3-10/h1,4,7,10-11,15-16H,2-3,5-6,8H2. The van der Waals surface area contributed by atoms with Crippen molar-refractivity contribution >= 4 is 23.4 Å². The highest BCUT2D eigenvalue weighted by atomic mass is 35.5. The Labute approximate surface area is 111 Å². The van der Waals surface area contributed by atoms with Crippen molar-refractivity contribution in [2.75, 3.05) is 12.4 Å². The predicted molar refractivity (Wildman–Crippen MR) is 71.6 cm³/mol. The molecule has 1 heterocycles. The first kappa shape index (κ1) is 13.1. The number of aliphatic hydroxyl groups is 1. The molecule has 2 N–H and O–H groups in total. The van der Waals surface area contributed by atoms with E-state index in [9.17, 15) is 5.11 Å². The highest BCUT2D eigenvalue weighted by molar-refractivity contribution is 7.99. The predicted octanol–water partition coefficient (Wildman–Crippen LogP) is 2.33. The van der Waals surface area contributed by atoms with E-state index in [1.54, 1.807) is 18.0 Å². The molecule has 0 amide bonds. The van der Waals surface area contributed by atoms with Gasteiger partial charge in [-0.15, -0.1) is 11.8 Å². The van der Waals surface area contributed by atoms with E-state index in [-0.39, 0.29) is 12.6 Å². The molecule has 1 unspecified atom stereocenters. The molecular weight excluding hydrogens is 256 g/mol. The summed E-state index contributed by atoms with van der Waals surface area (Å²) in [5.41, 5.74) is 0. The van der Waals surface area contributed by atoms with Crippen LogP contribution in [0.25, 0.3) is 0 Å². The maximum Gasteiger partial charge on any atom is 0.0960 e. The molecule has 1 aliphatic rings. The van der Waals surface area contributed by atoms with Gasteiger partial charge in [0.1, 0.15) is 0 Å². The van der Waals surface area contributed by atoms with Gasteiger partial charge in [0.15, 0.2) is 0 Å². The Bertz CT molecular complexity index is 343. The first-order valence-corrected chi connectivity index (χ1v) is 7.25. The number of nitrogens with one attached hydrogen (secondary N) is 1. The second kappa shape index (κ2) is 6.59. The summed E-state index contributed by atoms with van der Waals surface area (Å²) in [6.45, 7) is 0.213. The Morgan fingerprint density at radius 2 is 2.35 bits per heavy atom. The third kappa shape index (κ3) is 4.84. The molecule has 1 aromatic heterocycles. The summed E-state index contributed by atoms with van der Waals surface area (Å²) in [5, 5.41) is 14.3. The number of aromatic nitrogens is 1. The third-order valence-electron chi connectivity index (χ3n) is 2.69. The number of rotatable bonds is 7. The van der Waals surface area contributed by atoms with Gasteiger partial charge in [-0.25, -0.2) is 4.98 Å². The third-order valence-corrected chi connectivity index (χ3v) is 3.89. The van der Waals surface area contributed by atoms with Crippen molar-refractivity contribution in [1.82, 2.24) is 10.3 Å². The van der Waals surface area contributed by atoms with Crippen molar-refractivity contribution in [3.63, 3.8) is 0 Å². The number of nitrogens with zero attached hydrogens (tertiary/aromatic N) is 1. The molecule has 17 heavy (non-hydrogen) atoms. The molecule has 0 aromatic carbocycles. The van der Waals surface area contributed by atoms with Crippen LogP contribution < -0.4 is 5.32 Å². The van der Waals surface area contributed by atoms with Gasteiger partial charge in [-0.05, 0) is 31.4 Å². The maximum atomic E-state index is 9.23. The highest BCUT2D eigenvalue weighted by Gasteiger charge is 2.23. The molecule has 0 saturated heterocycles. The summed E-state index contributed by atoms with van der Waals surface area (Å²) in [7, 11) is 0. The first-order valence-electron chi connectivity index (χ1n) is 5.89. The van der Waals surface area contributed by atoms with Crippen molar-refractivity contribution in [1.29, 1.82) is 0 Å². The molecule has 5 heteroatoms. The Kier molecular flexibility index (Phi) is 5.10. The fourth-order valence-electron chi connectivity index (χ4n) is 1.56. The first-order chi connectivity index (χ1) is 8.28. The van der Waals surface area contributed by atoms with Crippen LogP contribution in [0.2, 0.25) is 5.02 Å². The summed E-state index contributed by atoms with van der Waals surface area (Å²) in [6, 6.07) is 4.64. The van der Waals surface area contributed by atoms with Gasteiger partial charge in [-0.3, -0.25) is 0 Å². The van der Waals surface area contributed by atoms with E-state index in [4.69, 9.17) is 11.6 Å². The molecule has 0 spiro atoms. The van der Waals surface area contributed by atoms with Gasteiger partial charge >= 0.3 is 0 Å². The van der Waals surface area contributed by atoms with Crippen molar-refractivity contribution in [3.8, 4) is 0 Å². The van der Waals surface area contributed by atoms with Crippen LogP contribution in [-0.2, 0) is 0 Å². The van der Waals surface area contributed by atoms with E-state index in [1.807, 2.05) is 12.1 Å². The van der Waals surface area contributed by atoms with Crippen LogP contribution in [-0.4, -0.2) is 34.5 Å². The molecule has 1 aliphatic carbocycles. The molecule has 1 saturated carbocycles. The van der Waals surface area contributed by atoms with Crippen LogP contribution in [0.4, 0.5) is 0 Å². The lowest BCUT2D eigenvalue weighted by molar-refractivity contribution is 0.239. The van der Waals surface area contributed by atoms with Crippen LogP contribution in [0.3, 0.4) is 0 Å². The second-order valence-corrected chi connectivity index (χ2v) is 5.82. The van der Waals surface area contributed by atoms with E-state index in [0.29, 0.717) is 11.1 Å². The van der Waals surface area contributed by atoms with Gasteiger partial charge in [-0.1, -0.05) is 11.6 Å². The zero-order valence-electron chi connectivity index (χ0n) is 9.60. The van der Waals surface area contributed by atoms with E-state index in [0.717, 1.165) is 17.2 Å². The zero-order chi connectivity index (χ0) is 12.1. The van der Waals surface area contributed by atoms with Crippen LogP contribution in [0, 0.1) is 0 Å². The molecular formula is C12H17ClN2OS. The number of thioether (sulfide) groups is 1. The SMILES string of the molecule is OCC(CCSc1ccc(Cl)cn1)NC1CC1. The quantitative estimate of drug-likeness (QED) is 0.748. The number of hydrogen-bond acceptors (Lipinski definition) is 4. The maximum absolute atomic E-state index is 9.23. The van der Waals surface area contributed by atoms with Crippen molar-refractivity contribution in [2.45, 2.75) is 36.4 Å². The fraction of sp³-hybridized carbons (Fsp3) is 0.583. The Balaban J connectivity index is 1.68. The van der Waals surface area contributed by atoms with Gasteiger partial charge < -0.3 is 10.4 Å². The number of hydrogen-bond donors (Lipinski definition) is 2. The number of halogens is 1. The molecule has 0 radical (unpaired) electrons. The minimum absolute atomic E-state index is 0.213. The van der Waals surface area contributed by atoms with Gasteiger partial charge in [0.2, 0.25) is 0 Å². The summed E-state index contributed by atoms with van der Waals surface area (Å²) < 4.78 is 0. The Morgan fingerprint density at radius 1 is 1.53 bits per heavy atom. The smallest absolute Gasteiger partial charge is 0.0960 e. The molecule has 0 aliphatic heterocycles. The summed E-state index contributed by atoms with van der Waals surface area (Å²) in [6.07, 6.45) is 5.13. The van der Waals surface area contributed by atoms with Gasteiger partial charge in [-0.2, -0.15) is 0 Å². The van der Waals surface area contributed by atoms with Gasteiger partial charge in [0.25, 0.3) is 0 Å². The number of pyridine rings is 1. The Hall–Kier alpha value is -0.290. The molecule has 2 rings (SSSR count). The van der Waals surface area contributed by atoms with Crippen LogP contribution >= 0.6 is 23.4 Å². The summed E-state index contributed by atoms with van der Waals surface area (Å²) in [5.74, 6) is 0.958. The van der Waals surface area contributed by atoms with E-state index in [1.165, 1.54) is 12.8 Å². The van der Waals surface area contributed by atoms with Crippen molar-refractivity contribution < 1.29 is 5.11 Å². The lowest BCUT2D eigenvalue weighted by Crippen LogP contribution is -2.34. The lowest BCUT2D eigenvalue weighted by atomic mass is 10.2. The second-order valence-electron chi connectivity index (χ2n) is 4.27. The van der Waals surface area contributed by atoms with Crippen molar-refractivity contribution in [2.24, 2.45) is 0 Å². The normalized spacial score (nSPS) is 17.1. The van der Waals surface area contributed by atoms with Gasteiger partial charge in [0, 0.05) is 24.0 Å². The van der Waals surface area contributed by atoms with Crippen LogP contribution in [0.5, 0.6) is 0 Å². The van der Waals surface area contributed by atoms with Crippen LogP contribution in [0.15, 0.2) is 23.4 Å². The monoisotopic (exact) mass is 272 g/mol. The molecule has 0 bridgehead atoms. The number of aliphatic hydroxyl groups excluding tert-OH is 1. The van der Waals surface area contributed by atoms with E-state index in [2.05, 4.69) is 10.3 Å². The topological polar surface area (TPSA) is 45.2 Å². The zero-order valence-corrected chi connectivity index (χ0v) is 11.2. The minimum Gasteiger partial charge on any atom is -0.395 e. The largest absolute Gasteiger partial charge is 0.395 e. The Morgan fingerprint density at radius 3 is 2.94 bits per heavy atom. The molecule has 94 valence electrons. The van der Waals surface area contributed by atoms with Crippen molar-refractivity contribution in [3.05, 3.63) is 23.4 Å². The average Bonchev–Trinajstić information content (AvgIpc) is 3.14. The fourth-order valence-corrected chi connectivity index (χ4v) is 2.58. The molecule has 1 aromatic rings. The van der Waals surface area contributed by atoms with Crippen LogP contribution in [0.1, 0.15) is 19.3 Å². The van der Waals surface area contributed by atoms with E-state index >= 15 is 0 Å². The molecule has 3 nitrogen and oxygen atoms in total. The summed E-state index contributed by atoms with van der Waals surface area (Å²) >= 11 is 7.47. The average molecular weight is 273 g/mol. The highest BCUT2D eigenvalue weighted by Crippen LogP contribution is 2.22. The van der Waals surface area contributed by atoms with Gasteiger partial charge in [0.05, 0.1) is 16.7 Å². The molecule has 1 atom stereocenters. The van der Waals surface area contributed by atoms with E-state index < -0.39 is 0 Å². The molecule has 1 fully saturated rings. The minimum atomic E-state index is 0.213. The lowest BCUT2D eigenvalue weighted by Gasteiger charge is -2.15.